The minimum atomic E-state index is -0.533. The van der Waals surface area contributed by atoms with E-state index >= 15 is 0 Å². The molecule has 0 atom stereocenters. The largest absolute Gasteiger partial charge is 0.503 e. The van der Waals surface area contributed by atoms with Gasteiger partial charge in [-0.15, -0.1) is 0 Å². The lowest BCUT2D eigenvalue weighted by atomic mass is 10.2. The molecule has 1 heterocycles. The number of carbonyl (C=O) groups excluding carboxylic acids is 1. The van der Waals surface area contributed by atoms with E-state index in [0.29, 0.717) is 11.4 Å². The number of aryl methyl sites for hydroxylation is 1. The summed E-state index contributed by atoms with van der Waals surface area (Å²) in [4.78, 5) is 16.2. The number of ether oxygens (including phenoxy) is 2. The number of nitrogens with one attached hydrogen (secondary N) is 1. The highest BCUT2D eigenvalue weighted by Gasteiger charge is 2.16. The molecule has 0 aliphatic carbocycles. The number of benzene rings is 2. The van der Waals surface area contributed by atoms with Gasteiger partial charge in [-0.2, -0.15) is 0 Å². The fourth-order valence-electron chi connectivity index (χ4n) is 2.36. The quantitative estimate of drug-likeness (QED) is 0.722. The molecule has 3 rings (SSSR count). The number of aromatic nitrogens is 1. The van der Waals surface area contributed by atoms with Crippen LogP contribution in [0.25, 0.3) is 0 Å². The number of rotatable bonds is 5. The first-order chi connectivity index (χ1) is 12.6. The Morgan fingerprint density at radius 3 is 2.46 bits per heavy atom. The van der Waals surface area contributed by atoms with Gasteiger partial charge < -0.3 is 19.9 Å². The maximum absolute atomic E-state index is 12.3. The minimum Gasteiger partial charge on any atom is -0.503 e. The number of aromatic hydroxyl groups is 1. The number of pyridine rings is 1. The van der Waals surface area contributed by atoms with Gasteiger partial charge in [0.2, 0.25) is 0 Å². The molecular formula is C20H18N2O4. The Kier molecular flexibility index (Phi) is 5.03. The first kappa shape index (κ1) is 17.3. The van der Waals surface area contributed by atoms with Crippen molar-refractivity contribution in [3.63, 3.8) is 0 Å². The highest BCUT2D eigenvalue weighted by atomic mass is 16.5. The number of hydrogen-bond donors (Lipinski definition) is 2. The topological polar surface area (TPSA) is 80.7 Å². The zero-order valence-corrected chi connectivity index (χ0v) is 14.4. The van der Waals surface area contributed by atoms with Gasteiger partial charge in [0, 0.05) is 18.0 Å². The lowest BCUT2D eigenvalue weighted by molar-refractivity contribution is 0.101. The first-order valence-corrected chi connectivity index (χ1v) is 7.95. The Bertz CT molecular complexity index is 923. The van der Waals surface area contributed by atoms with Crippen molar-refractivity contribution in [2.45, 2.75) is 6.92 Å². The van der Waals surface area contributed by atoms with Gasteiger partial charge in [0.25, 0.3) is 5.91 Å². The zero-order chi connectivity index (χ0) is 18.5. The lowest BCUT2D eigenvalue weighted by Crippen LogP contribution is -2.14. The Morgan fingerprint density at radius 1 is 1.04 bits per heavy atom. The average Bonchev–Trinajstić information content (AvgIpc) is 2.65. The number of amides is 1. The first-order valence-electron chi connectivity index (χ1n) is 7.95. The van der Waals surface area contributed by atoms with Crippen LogP contribution in [0, 0.1) is 6.92 Å². The maximum atomic E-state index is 12.3. The summed E-state index contributed by atoms with van der Waals surface area (Å²) in [6.45, 7) is 1.97. The fourth-order valence-corrected chi connectivity index (χ4v) is 2.36. The van der Waals surface area contributed by atoms with Crippen molar-refractivity contribution >= 4 is 11.6 Å². The Hall–Kier alpha value is -3.54. The predicted molar refractivity (Wildman–Crippen MR) is 98.1 cm³/mol. The van der Waals surface area contributed by atoms with Crippen molar-refractivity contribution in [2.24, 2.45) is 0 Å². The smallest absolute Gasteiger partial charge is 0.278 e. The molecule has 2 aromatic carbocycles. The molecule has 0 radical (unpaired) electrons. The summed E-state index contributed by atoms with van der Waals surface area (Å²) in [7, 11) is 1.41. The molecule has 0 aliphatic heterocycles. The molecule has 0 saturated carbocycles. The highest BCUT2D eigenvalue weighted by molar-refractivity contribution is 6.05. The van der Waals surface area contributed by atoms with Crippen LogP contribution in [0.5, 0.6) is 23.0 Å². The molecular weight excluding hydrogens is 332 g/mol. The molecule has 2 N–H and O–H groups in total. The summed E-state index contributed by atoms with van der Waals surface area (Å²) in [6, 6.07) is 16.1. The molecule has 0 aliphatic rings. The van der Waals surface area contributed by atoms with Gasteiger partial charge in [0.15, 0.2) is 17.2 Å². The van der Waals surface area contributed by atoms with Crippen molar-refractivity contribution in [3.05, 3.63) is 72.1 Å². The minimum absolute atomic E-state index is 0.107. The van der Waals surface area contributed by atoms with E-state index in [1.807, 2.05) is 31.2 Å². The molecule has 3 aromatic rings. The summed E-state index contributed by atoms with van der Waals surface area (Å²) in [5, 5.41) is 12.7. The molecule has 1 amide bonds. The van der Waals surface area contributed by atoms with E-state index in [9.17, 15) is 9.90 Å². The molecule has 0 unspecified atom stereocenters. The van der Waals surface area contributed by atoms with Crippen LogP contribution < -0.4 is 14.8 Å². The highest BCUT2D eigenvalue weighted by Crippen LogP contribution is 2.29. The van der Waals surface area contributed by atoms with Crippen LogP contribution >= 0.6 is 0 Å². The second-order valence-electron chi connectivity index (χ2n) is 5.56. The van der Waals surface area contributed by atoms with Crippen LogP contribution in [0.2, 0.25) is 0 Å². The van der Waals surface area contributed by atoms with Gasteiger partial charge in [0.05, 0.1) is 7.11 Å². The Balaban J connectivity index is 1.71. The monoisotopic (exact) mass is 350 g/mol. The van der Waals surface area contributed by atoms with E-state index in [2.05, 4.69) is 10.3 Å². The Morgan fingerprint density at radius 2 is 1.77 bits per heavy atom. The third-order valence-corrected chi connectivity index (χ3v) is 3.76. The number of nitrogens with zero attached hydrogens (tertiary/aromatic N) is 1. The van der Waals surface area contributed by atoms with Gasteiger partial charge in [-0.25, -0.2) is 4.98 Å². The molecule has 26 heavy (non-hydrogen) atoms. The van der Waals surface area contributed by atoms with E-state index in [-0.39, 0.29) is 17.2 Å². The van der Waals surface area contributed by atoms with Gasteiger partial charge in [-0.1, -0.05) is 18.2 Å². The van der Waals surface area contributed by atoms with E-state index in [1.54, 1.807) is 24.3 Å². The number of para-hydroxylation sites is 1. The van der Waals surface area contributed by atoms with E-state index in [0.717, 1.165) is 11.3 Å². The summed E-state index contributed by atoms with van der Waals surface area (Å²) >= 11 is 0. The molecule has 0 fully saturated rings. The summed E-state index contributed by atoms with van der Waals surface area (Å²) in [5.41, 5.74) is 1.48. The zero-order valence-electron chi connectivity index (χ0n) is 14.4. The van der Waals surface area contributed by atoms with Crippen LogP contribution in [0.3, 0.4) is 0 Å². The standard InChI is InChI=1S/C20H18N2O4/c1-13-5-3-4-6-16(13)26-15-9-7-14(8-10-15)22-20(24)18-19(23)17(25-2)11-12-21-18/h3-12,23H,1-2H3,(H,22,24). The molecule has 6 nitrogen and oxygen atoms in total. The Labute approximate surface area is 151 Å². The molecule has 0 bridgehead atoms. The van der Waals surface area contributed by atoms with Crippen LogP contribution in [0.1, 0.15) is 16.1 Å². The van der Waals surface area contributed by atoms with Gasteiger partial charge in [-0.05, 0) is 42.8 Å². The predicted octanol–water partition coefficient (Wildman–Crippen LogP) is 4.15. The van der Waals surface area contributed by atoms with Gasteiger partial charge in [0.1, 0.15) is 11.5 Å². The maximum Gasteiger partial charge on any atom is 0.278 e. The number of hydrogen-bond acceptors (Lipinski definition) is 5. The van der Waals surface area contributed by atoms with Crippen LogP contribution in [-0.4, -0.2) is 23.1 Å². The van der Waals surface area contributed by atoms with E-state index in [4.69, 9.17) is 9.47 Å². The second kappa shape index (κ2) is 7.57. The van der Waals surface area contributed by atoms with Crippen molar-refractivity contribution in [3.8, 4) is 23.0 Å². The average molecular weight is 350 g/mol. The third kappa shape index (κ3) is 3.75. The molecule has 0 saturated heterocycles. The molecule has 6 heteroatoms. The van der Waals surface area contributed by atoms with Crippen LogP contribution in [-0.2, 0) is 0 Å². The van der Waals surface area contributed by atoms with Crippen molar-refractivity contribution < 1.29 is 19.4 Å². The SMILES string of the molecule is COc1ccnc(C(=O)Nc2ccc(Oc3ccccc3C)cc2)c1O. The second-order valence-corrected chi connectivity index (χ2v) is 5.56. The normalized spacial score (nSPS) is 10.2. The van der Waals surface area contributed by atoms with Crippen LogP contribution in [0.4, 0.5) is 5.69 Å². The van der Waals surface area contributed by atoms with E-state index < -0.39 is 5.91 Å². The van der Waals surface area contributed by atoms with Crippen molar-refractivity contribution in [1.82, 2.24) is 4.98 Å². The molecule has 0 spiro atoms. The van der Waals surface area contributed by atoms with Gasteiger partial charge >= 0.3 is 0 Å². The lowest BCUT2D eigenvalue weighted by Gasteiger charge is -2.10. The van der Waals surface area contributed by atoms with Gasteiger partial charge in [-0.3, -0.25) is 4.79 Å². The van der Waals surface area contributed by atoms with Crippen LogP contribution in [0.15, 0.2) is 60.8 Å². The third-order valence-electron chi connectivity index (χ3n) is 3.76. The molecule has 132 valence electrons. The number of carbonyl (C=O) groups is 1. The summed E-state index contributed by atoms with van der Waals surface area (Å²) in [5.74, 6) is 0.780. The summed E-state index contributed by atoms with van der Waals surface area (Å²) in [6.07, 6.45) is 1.40. The summed E-state index contributed by atoms with van der Waals surface area (Å²) < 4.78 is 10.8. The van der Waals surface area contributed by atoms with Crippen molar-refractivity contribution in [1.29, 1.82) is 0 Å². The number of methoxy groups -OCH3 is 1. The fraction of sp³-hybridized carbons (Fsp3) is 0.100. The van der Waals surface area contributed by atoms with Crippen molar-refractivity contribution in [2.75, 3.05) is 12.4 Å². The number of anilines is 1. The molecule has 1 aromatic heterocycles. The van der Waals surface area contributed by atoms with E-state index in [1.165, 1.54) is 19.4 Å².